The van der Waals surface area contributed by atoms with E-state index in [-0.39, 0.29) is 18.1 Å². The van der Waals surface area contributed by atoms with Gasteiger partial charge in [-0.25, -0.2) is 0 Å². The van der Waals surface area contributed by atoms with Crippen LogP contribution in [0.2, 0.25) is 0 Å². The molecule has 3 rings (SSSR count). The number of aliphatic hydroxyl groups excluding tert-OH is 1. The molecule has 2 atom stereocenters. The maximum atomic E-state index is 13.4. The molecule has 0 fully saturated rings. The van der Waals surface area contributed by atoms with Crippen molar-refractivity contribution in [3.63, 3.8) is 0 Å². The molecule has 1 heterocycles. The smallest absolute Gasteiger partial charge is 0.272 e. The molecule has 2 aromatic carbocycles. The van der Waals surface area contributed by atoms with Crippen LogP contribution in [-0.4, -0.2) is 70.5 Å². The lowest BCUT2D eigenvalue weighted by Crippen LogP contribution is -2.48. The third-order valence-electron chi connectivity index (χ3n) is 6.70. The fraction of sp³-hybridized carbons (Fsp3) is 0.452. The molecule has 0 aliphatic carbocycles. The quantitative estimate of drug-likeness (QED) is 0.252. The molecule has 3 aromatic rings. The van der Waals surface area contributed by atoms with E-state index in [0.717, 1.165) is 29.7 Å². The molecule has 216 valence electrons. The Morgan fingerprint density at radius 2 is 1.70 bits per heavy atom. The number of nitrogens with zero attached hydrogens (tertiary/aromatic N) is 3. The molecular formula is C31H43N5O4. The van der Waals surface area contributed by atoms with Crippen LogP contribution < -0.4 is 15.4 Å². The number of rotatable bonds is 16. The number of methoxy groups -OCH3 is 1. The first-order valence-corrected chi connectivity index (χ1v) is 14.1. The first kappa shape index (κ1) is 30.8. The highest BCUT2D eigenvalue weighted by Crippen LogP contribution is 2.14. The standard InChI is InChI=1S/C31H43N5O4/c1-5-16-35(17-6-2)31(39)28-20-27(34-36(28)7-3)30(38)33-26(19-23-12-9-8-10-13-23)29(37)22-32-21-24-14-11-15-25(18-24)40-4/h8-15,18,20,26,29,32,37H,5-7,16-17,19,21-22H2,1-4H3,(H,33,38)/t26-,29+/m0/s1. The van der Waals surface area contributed by atoms with E-state index in [1.165, 1.54) is 0 Å². The zero-order valence-electron chi connectivity index (χ0n) is 24.1. The Morgan fingerprint density at radius 1 is 1.00 bits per heavy atom. The Balaban J connectivity index is 1.74. The Bertz CT molecular complexity index is 1210. The normalized spacial score (nSPS) is 12.5. The lowest BCUT2D eigenvalue weighted by Gasteiger charge is -2.24. The molecule has 9 heteroatoms. The van der Waals surface area contributed by atoms with E-state index >= 15 is 0 Å². The predicted molar refractivity (Wildman–Crippen MR) is 156 cm³/mol. The minimum atomic E-state index is -0.867. The number of benzene rings is 2. The minimum Gasteiger partial charge on any atom is -0.497 e. The van der Waals surface area contributed by atoms with Crippen molar-refractivity contribution < 1.29 is 19.4 Å². The molecule has 0 aliphatic rings. The van der Waals surface area contributed by atoms with Crippen molar-refractivity contribution in [3.05, 3.63) is 83.2 Å². The minimum absolute atomic E-state index is 0.125. The van der Waals surface area contributed by atoms with Gasteiger partial charge in [0.2, 0.25) is 0 Å². The Morgan fingerprint density at radius 3 is 2.35 bits per heavy atom. The van der Waals surface area contributed by atoms with E-state index in [2.05, 4.69) is 15.7 Å². The zero-order valence-corrected chi connectivity index (χ0v) is 24.1. The number of ether oxygens (including phenoxy) is 1. The fourth-order valence-electron chi connectivity index (χ4n) is 4.64. The second kappa shape index (κ2) is 15.8. The molecule has 1 aromatic heterocycles. The van der Waals surface area contributed by atoms with Gasteiger partial charge in [-0.05, 0) is 49.4 Å². The first-order chi connectivity index (χ1) is 19.4. The molecular weight excluding hydrogens is 506 g/mol. The van der Waals surface area contributed by atoms with Crippen molar-refractivity contribution in [1.82, 2.24) is 25.3 Å². The van der Waals surface area contributed by atoms with Crippen molar-refractivity contribution in [2.75, 3.05) is 26.7 Å². The summed E-state index contributed by atoms with van der Waals surface area (Å²) in [6.07, 6.45) is 1.28. The number of hydrogen-bond donors (Lipinski definition) is 3. The van der Waals surface area contributed by atoms with Crippen LogP contribution in [0.5, 0.6) is 5.75 Å². The number of aromatic nitrogens is 2. The Labute approximate surface area is 237 Å². The van der Waals surface area contributed by atoms with E-state index in [1.807, 2.05) is 75.4 Å². The van der Waals surface area contributed by atoms with Gasteiger partial charge in [0.05, 0.1) is 19.3 Å². The van der Waals surface area contributed by atoms with Crippen LogP contribution in [0.25, 0.3) is 0 Å². The number of aryl methyl sites for hydroxylation is 1. The van der Waals surface area contributed by atoms with E-state index in [0.29, 0.717) is 38.3 Å². The van der Waals surface area contributed by atoms with E-state index in [9.17, 15) is 14.7 Å². The summed E-state index contributed by atoms with van der Waals surface area (Å²) in [6.45, 7) is 8.54. The summed E-state index contributed by atoms with van der Waals surface area (Å²) in [4.78, 5) is 28.5. The number of nitrogens with one attached hydrogen (secondary N) is 2. The summed E-state index contributed by atoms with van der Waals surface area (Å²) in [5.41, 5.74) is 2.57. The molecule has 0 saturated carbocycles. The van der Waals surface area contributed by atoms with Gasteiger partial charge in [-0.3, -0.25) is 14.3 Å². The molecule has 0 aliphatic heterocycles. The summed E-state index contributed by atoms with van der Waals surface area (Å²) in [5.74, 6) is 0.220. The number of carbonyl (C=O) groups excluding carboxylic acids is 2. The molecule has 0 unspecified atom stereocenters. The molecule has 0 radical (unpaired) electrons. The summed E-state index contributed by atoms with van der Waals surface area (Å²) in [5, 5.41) is 21.8. The largest absolute Gasteiger partial charge is 0.497 e. The van der Waals surface area contributed by atoms with Gasteiger partial charge < -0.3 is 25.4 Å². The molecule has 2 amide bonds. The van der Waals surface area contributed by atoms with Gasteiger partial charge in [0.1, 0.15) is 11.4 Å². The topological polar surface area (TPSA) is 109 Å². The molecule has 0 bridgehead atoms. The van der Waals surface area contributed by atoms with E-state index in [1.54, 1.807) is 22.8 Å². The highest BCUT2D eigenvalue weighted by molar-refractivity contribution is 5.98. The van der Waals surface area contributed by atoms with Crippen molar-refractivity contribution in [1.29, 1.82) is 0 Å². The maximum absolute atomic E-state index is 13.4. The van der Waals surface area contributed by atoms with Crippen molar-refractivity contribution in [3.8, 4) is 5.75 Å². The molecule has 40 heavy (non-hydrogen) atoms. The zero-order chi connectivity index (χ0) is 28.9. The van der Waals surface area contributed by atoms with Crippen LogP contribution in [0.1, 0.15) is 65.7 Å². The average Bonchev–Trinajstić information content (AvgIpc) is 3.42. The number of carbonyl (C=O) groups is 2. The first-order valence-electron chi connectivity index (χ1n) is 14.1. The molecule has 0 spiro atoms. The van der Waals surface area contributed by atoms with Gasteiger partial charge in [-0.15, -0.1) is 0 Å². The summed E-state index contributed by atoms with van der Waals surface area (Å²) in [6, 6.07) is 18.4. The van der Waals surface area contributed by atoms with E-state index < -0.39 is 18.1 Å². The number of amides is 2. The third kappa shape index (κ3) is 8.66. The molecule has 0 saturated heterocycles. The molecule has 9 nitrogen and oxygen atoms in total. The maximum Gasteiger partial charge on any atom is 0.272 e. The number of aliphatic hydroxyl groups is 1. The van der Waals surface area contributed by atoms with E-state index in [4.69, 9.17) is 4.74 Å². The summed E-state index contributed by atoms with van der Waals surface area (Å²) >= 11 is 0. The van der Waals surface area contributed by atoms with Crippen LogP contribution in [0.4, 0.5) is 0 Å². The van der Waals surface area contributed by atoms with Crippen LogP contribution in [0, 0.1) is 0 Å². The van der Waals surface area contributed by atoms with Crippen molar-refractivity contribution in [2.24, 2.45) is 0 Å². The van der Waals surface area contributed by atoms with Gasteiger partial charge in [0, 0.05) is 38.8 Å². The Hall–Kier alpha value is -3.69. The SMILES string of the molecule is CCCN(CCC)C(=O)c1cc(C(=O)N[C@@H](Cc2ccccc2)[C@H](O)CNCc2cccc(OC)c2)nn1CC. The van der Waals surface area contributed by atoms with Crippen molar-refractivity contribution >= 4 is 11.8 Å². The van der Waals surface area contributed by atoms with Gasteiger partial charge in [0.15, 0.2) is 5.69 Å². The predicted octanol–water partition coefficient (Wildman–Crippen LogP) is 3.67. The second-order valence-corrected chi connectivity index (χ2v) is 9.84. The van der Waals surface area contributed by atoms with Gasteiger partial charge in [-0.2, -0.15) is 5.10 Å². The van der Waals surface area contributed by atoms with Crippen molar-refractivity contribution in [2.45, 2.75) is 65.3 Å². The fourth-order valence-corrected chi connectivity index (χ4v) is 4.64. The lowest BCUT2D eigenvalue weighted by atomic mass is 10.0. The van der Waals surface area contributed by atoms with Crippen LogP contribution in [0.15, 0.2) is 60.7 Å². The highest BCUT2D eigenvalue weighted by atomic mass is 16.5. The van der Waals surface area contributed by atoms with Crippen LogP contribution >= 0.6 is 0 Å². The van der Waals surface area contributed by atoms with Crippen LogP contribution in [0.3, 0.4) is 0 Å². The third-order valence-corrected chi connectivity index (χ3v) is 6.70. The van der Waals surface area contributed by atoms with Crippen LogP contribution in [-0.2, 0) is 19.5 Å². The van der Waals surface area contributed by atoms with Gasteiger partial charge >= 0.3 is 0 Å². The summed E-state index contributed by atoms with van der Waals surface area (Å²) < 4.78 is 6.86. The van der Waals surface area contributed by atoms with Gasteiger partial charge in [0.25, 0.3) is 11.8 Å². The summed E-state index contributed by atoms with van der Waals surface area (Å²) in [7, 11) is 1.63. The second-order valence-electron chi connectivity index (χ2n) is 9.84. The lowest BCUT2D eigenvalue weighted by molar-refractivity contribution is 0.0742. The average molecular weight is 550 g/mol. The van der Waals surface area contributed by atoms with Gasteiger partial charge in [-0.1, -0.05) is 56.3 Å². The monoisotopic (exact) mass is 549 g/mol. The highest BCUT2D eigenvalue weighted by Gasteiger charge is 2.26. The number of hydrogen-bond acceptors (Lipinski definition) is 6. The molecule has 3 N–H and O–H groups in total. The Kier molecular flexibility index (Phi) is 12.2.